The molecule has 2 unspecified atom stereocenters. The molecule has 1 fully saturated rings. The Morgan fingerprint density at radius 3 is 2.48 bits per heavy atom. The summed E-state index contributed by atoms with van der Waals surface area (Å²) in [6, 6.07) is 0.486. The summed E-state index contributed by atoms with van der Waals surface area (Å²) in [4.78, 5) is 11.8. The molecule has 0 bridgehead atoms. The number of piperidine rings is 1. The van der Waals surface area contributed by atoms with Crippen LogP contribution in [0.1, 0.15) is 44.5 Å². The molecule has 2 heterocycles. The minimum Gasteiger partial charge on any atom is -0.373 e. The van der Waals surface area contributed by atoms with Crippen LogP contribution in [-0.2, 0) is 0 Å². The summed E-state index contributed by atoms with van der Waals surface area (Å²) in [5, 5.41) is 6.86. The lowest BCUT2D eigenvalue weighted by Crippen LogP contribution is -2.43. The molecule has 1 saturated heterocycles. The molecule has 0 aliphatic carbocycles. The van der Waals surface area contributed by atoms with E-state index in [9.17, 15) is 0 Å². The van der Waals surface area contributed by atoms with E-state index < -0.39 is 0 Å². The Hall–Kier alpha value is -1.36. The van der Waals surface area contributed by atoms with Gasteiger partial charge in [0, 0.05) is 31.1 Å². The molecule has 0 amide bonds. The summed E-state index contributed by atoms with van der Waals surface area (Å²) in [6.07, 6.45) is 1.16. The average molecular weight is 291 g/mol. The maximum absolute atomic E-state index is 4.75. The van der Waals surface area contributed by atoms with Crippen molar-refractivity contribution in [1.82, 2.24) is 14.9 Å². The summed E-state index contributed by atoms with van der Waals surface area (Å²) in [5.41, 5.74) is 1.10. The number of nitrogens with zero attached hydrogens (tertiary/aromatic N) is 3. The molecule has 5 heteroatoms. The van der Waals surface area contributed by atoms with Crippen LogP contribution in [0.25, 0.3) is 0 Å². The number of hydrogen-bond donors (Lipinski definition) is 2. The molecular formula is C16H29N5. The average Bonchev–Trinajstić information content (AvgIpc) is 2.43. The zero-order valence-electron chi connectivity index (χ0n) is 14.2. The van der Waals surface area contributed by atoms with Crippen molar-refractivity contribution < 1.29 is 0 Å². The first kappa shape index (κ1) is 16.0. The Labute approximate surface area is 128 Å². The van der Waals surface area contributed by atoms with E-state index in [1.165, 1.54) is 0 Å². The zero-order valence-corrected chi connectivity index (χ0v) is 14.2. The monoisotopic (exact) mass is 291 g/mol. The fourth-order valence-corrected chi connectivity index (χ4v) is 2.92. The number of likely N-dealkylation sites (tertiary alicyclic amines) is 1. The molecule has 1 aromatic rings. The number of nitrogens with one attached hydrogen (secondary N) is 2. The third kappa shape index (κ3) is 3.64. The highest BCUT2D eigenvalue weighted by molar-refractivity contribution is 5.57. The van der Waals surface area contributed by atoms with Crippen molar-refractivity contribution in [3.63, 3.8) is 0 Å². The van der Waals surface area contributed by atoms with Crippen LogP contribution in [0.3, 0.4) is 0 Å². The lowest BCUT2D eigenvalue weighted by atomic mass is 9.94. The topological polar surface area (TPSA) is 53.1 Å². The van der Waals surface area contributed by atoms with Crippen molar-refractivity contribution in [2.45, 2.75) is 46.1 Å². The van der Waals surface area contributed by atoms with Gasteiger partial charge in [-0.1, -0.05) is 20.8 Å². The molecule has 2 N–H and O–H groups in total. The largest absolute Gasteiger partial charge is 0.373 e. The van der Waals surface area contributed by atoms with Gasteiger partial charge in [0.15, 0.2) is 0 Å². The molecule has 5 nitrogen and oxygen atoms in total. The predicted molar refractivity (Wildman–Crippen MR) is 89.1 cm³/mol. The number of rotatable bonds is 4. The molecule has 1 aliphatic rings. The van der Waals surface area contributed by atoms with E-state index in [0.29, 0.717) is 17.9 Å². The van der Waals surface area contributed by atoms with E-state index >= 15 is 0 Å². The first-order valence-corrected chi connectivity index (χ1v) is 7.93. The van der Waals surface area contributed by atoms with Gasteiger partial charge < -0.3 is 15.5 Å². The van der Waals surface area contributed by atoms with Crippen LogP contribution in [0, 0.1) is 12.8 Å². The maximum atomic E-state index is 4.75. The van der Waals surface area contributed by atoms with Crippen molar-refractivity contribution in [3.8, 4) is 0 Å². The lowest BCUT2D eigenvalue weighted by Gasteiger charge is -2.35. The quantitative estimate of drug-likeness (QED) is 0.893. The zero-order chi connectivity index (χ0) is 15.6. The Kier molecular flexibility index (Phi) is 5.04. The van der Waals surface area contributed by atoms with Crippen molar-refractivity contribution in [1.29, 1.82) is 0 Å². The normalized spacial score (nSPS) is 23.4. The fraction of sp³-hybridized carbons (Fsp3) is 0.750. The van der Waals surface area contributed by atoms with E-state index in [0.717, 1.165) is 42.5 Å². The van der Waals surface area contributed by atoms with Gasteiger partial charge in [-0.15, -0.1) is 0 Å². The number of hydrogen-bond acceptors (Lipinski definition) is 5. The Bertz CT molecular complexity index is 486. The Morgan fingerprint density at radius 1 is 1.24 bits per heavy atom. The van der Waals surface area contributed by atoms with E-state index in [4.69, 9.17) is 4.98 Å². The second kappa shape index (κ2) is 6.60. The van der Waals surface area contributed by atoms with Gasteiger partial charge in [-0.25, -0.2) is 9.97 Å². The highest BCUT2D eigenvalue weighted by atomic mass is 15.1. The second-order valence-electron chi connectivity index (χ2n) is 6.59. The third-order valence-corrected chi connectivity index (χ3v) is 4.35. The van der Waals surface area contributed by atoms with Crippen LogP contribution >= 0.6 is 0 Å². The molecule has 118 valence electrons. The van der Waals surface area contributed by atoms with Gasteiger partial charge in [0.2, 0.25) is 0 Å². The van der Waals surface area contributed by atoms with E-state index in [1.54, 1.807) is 0 Å². The number of aromatic nitrogens is 2. The van der Waals surface area contributed by atoms with Crippen molar-refractivity contribution >= 4 is 11.6 Å². The van der Waals surface area contributed by atoms with E-state index in [2.05, 4.69) is 55.3 Å². The lowest BCUT2D eigenvalue weighted by molar-refractivity contribution is 0.206. The minimum atomic E-state index is 0.327. The second-order valence-corrected chi connectivity index (χ2v) is 6.59. The molecule has 2 rings (SSSR count). The van der Waals surface area contributed by atoms with Crippen LogP contribution in [0.15, 0.2) is 0 Å². The SMILES string of the molecule is CNc1nc(C(C)C)nc(NC2CCN(C)CC2C)c1C. The molecule has 1 aliphatic heterocycles. The molecule has 21 heavy (non-hydrogen) atoms. The van der Waals surface area contributed by atoms with Gasteiger partial charge >= 0.3 is 0 Å². The smallest absolute Gasteiger partial charge is 0.135 e. The summed E-state index contributed by atoms with van der Waals surface area (Å²) in [7, 11) is 4.11. The van der Waals surface area contributed by atoms with Crippen LogP contribution in [0.2, 0.25) is 0 Å². The van der Waals surface area contributed by atoms with Crippen molar-refractivity contribution in [2.75, 3.05) is 37.8 Å². The van der Waals surface area contributed by atoms with Crippen LogP contribution < -0.4 is 10.6 Å². The molecule has 0 radical (unpaired) electrons. The molecular weight excluding hydrogens is 262 g/mol. The van der Waals surface area contributed by atoms with Gasteiger partial charge in [0.25, 0.3) is 0 Å². The van der Waals surface area contributed by atoms with Gasteiger partial charge in [-0.05, 0) is 32.9 Å². The van der Waals surface area contributed by atoms with Crippen LogP contribution in [0.4, 0.5) is 11.6 Å². The van der Waals surface area contributed by atoms with Crippen molar-refractivity contribution in [3.05, 3.63) is 11.4 Å². The molecule has 1 aromatic heterocycles. The van der Waals surface area contributed by atoms with Crippen molar-refractivity contribution in [2.24, 2.45) is 5.92 Å². The third-order valence-electron chi connectivity index (χ3n) is 4.35. The maximum Gasteiger partial charge on any atom is 0.135 e. The number of anilines is 2. The van der Waals surface area contributed by atoms with E-state index in [1.807, 2.05) is 7.05 Å². The predicted octanol–water partition coefficient (Wildman–Crippen LogP) is 2.70. The Morgan fingerprint density at radius 2 is 1.90 bits per heavy atom. The van der Waals surface area contributed by atoms with Gasteiger partial charge in [-0.2, -0.15) is 0 Å². The standard InChI is InChI=1S/C16H29N5/c1-10(2)14-19-15(17-5)12(4)16(20-14)18-13-7-8-21(6)9-11(13)3/h10-11,13H,7-9H2,1-6H3,(H2,17,18,19,20). The van der Waals surface area contributed by atoms with Crippen LogP contribution in [0.5, 0.6) is 0 Å². The van der Waals surface area contributed by atoms with Gasteiger partial charge in [0.1, 0.15) is 17.5 Å². The summed E-state index contributed by atoms with van der Waals surface area (Å²) < 4.78 is 0. The molecule has 0 saturated carbocycles. The Balaban J connectivity index is 2.24. The molecule has 2 atom stereocenters. The highest BCUT2D eigenvalue weighted by Crippen LogP contribution is 2.26. The first-order valence-electron chi connectivity index (χ1n) is 7.93. The van der Waals surface area contributed by atoms with Gasteiger partial charge in [-0.3, -0.25) is 0 Å². The summed E-state index contributed by atoms with van der Waals surface area (Å²) in [5.74, 6) is 3.76. The molecule has 0 aromatic carbocycles. The highest BCUT2D eigenvalue weighted by Gasteiger charge is 2.25. The first-order chi connectivity index (χ1) is 9.92. The van der Waals surface area contributed by atoms with E-state index in [-0.39, 0.29) is 0 Å². The molecule has 0 spiro atoms. The summed E-state index contributed by atoms with van der Waals surface area (Å²) in [6.45, 7) is 10.9. The minimum absolute atomic E-state index is 0.327. The fourth-order valence-electron chi connectivity index (χ4n) is 2.92. The van der Waals surface area contributed by atoms with Crippen LogP contribution in [-0.4, -0.2) is 48.1 Å². The summed E-state index contributed by atoms with van der Waals surface area (Å²) >= 11 is 0. The van der Waals surface area contributed by atoms with Gasteiger partial charge in [0.05, 0.1) is 0 Å².